The molecule has 200 valence electrons. The fourth-order valence-electron chi connectivity index (χ4n) is 3.46. The van der Waals surface area contributed by atoms with E-state index in [9.17, 15) is 19.2 Å². The summed E-state index contributed by atoms with van der Waals surface area (Å²) in [7, 11) is 0. The van der Waals surface area contributed by atoms with E-state index in [2.05, 4.69) is 32.3 Å². The summed E-state index contributed by atoms with van der Waals surface area (Å²) in [4.78, 5) is 49.7. The third-order valence-electron chi connectivity index (χ3n) is 5.29. The fourth-order valence-corrected chi connectivity index (χ4v) is 4.86. The number of carbonyl (C=O) groups excluding carboxylic acids is 4. The van der Waals surface area contributed by atoms with E-state index in [-0.39, 0.29) is 24.7 Å². The van der Waals surface area contributed by atoms with E-state index in [1.165, 1.54) is 22.7 Å². The number of hydrogen-bond acceptors (Lipinski definition) is 6. The van der Waals surface area contributed by atoms with Gasteiger partial charge in [0, 0.05) is 21.1 Å². The van der Waals surface area contributed by atoms with Crippen LogP contribution in [0.1, 0.15) is 20.9 Å². The lowest BCUT2D eigenvalue weighted by Gasteiger charge is -2.10. The van der Waals surface area contributed by atoms with Crippen molar-refractivity contribution >= 4 is 57.9 Å². The monoisotopic (exact) mass is 562 g/mol. The lowest BCUT2D eigenvalue weighted by Crippen LogP contribution is -2.44. The highest BCUT2D eigenvalue weighted by atomic mass is 32.1. The summed E-state index contributed by atoms with van der Waals surface area (Å²) >= 11 is 2.95. The maximum Gasteiger partial charge on any atom is 0.337 e. The topological polar surface area (TPSA) is 140 Å². The summed E-state index contributed by atoms with van der Waals surface area (Å²) in [5.74, 6) is -0.609. The van der Waals surface area contributed by atoms with Crippen LogP contribution in [0.3, 0.4) is 0 Å². The molecule has 4 rings (SSSR count). The molecule has 2 aromatic carbocycles. The minimum absolute atomic E-state index is 0.200. The average molecular weight is 563 g/mol. The minimum atomic E-state index is -0.545. The van der Waals surface area contributed by atoms with Gasteiger partial charge in [0.15, 0.2) is 0 Å². The SMILES string of the molecule is O=C(Cc1cccs1)NNC(=O)Nc1ccc(Cc2ccc(NC(=O)NNC(=O)Cc3cccs3)cc2)cc1. The van der Waals surface area contributed by atoms with Crippen LogP contribution >= 0.6 is 22.7 Å². The lowest BCUT2D eigenvalue weighted by atomic mass is 10.0. The Morgan fingerprint density at radius 1 is 0.538 bits per heavy atom. The lowest BCUT2D eigenvalue weighted by molar-refractivity contribution is -0.121. The van der Waals surface area contributed by atoms with Gasteiger partial charge in [-0.15, -0.1) is 22.7 Å². The standard InChI is InChI=1S/C27H26N6O4S2/c34-24(16-22-3-1-13-38-22)30-32-26(36)28-20-9-5-18(6-10-20)15-19-7-11-21(12-8-19)29-27(37)33-31-25(35)17-23-4-2-14-39-23/h1-14H,15-17H2,(H,30,34)(H,31,35)(H2,28,32,36)(H2,29,33,37). The summed E-state index contributed by atoms with van der Waals surface area (Å²) in [6.07, 6.45) is 1.05. The Bertz CT molecular complexity index is 1280. The van der Waals surface area contributed by atoms with E-state index in [1.54, 1.807) is 24.3 Å². The second-order valence-electron chi connectivity index (χ2n) is 8.34. The van der Waals surface area contributed by atoms with Crippen LogP contribution in [0.15, 0.2) is 83.6 Å². The quantitative estimate of drug-likeness (QED) is 0.179. The van der Waals surface area contributed by atoms with Crippen molar-refractivity contribution in [1.29, 1.82) is 0 Å². The summed E-state index contributed by atoms with van der Waals surface area (Å²) in [5, 5.41) is 9.11. The Hall–Kier alpha value is -4.68. The number of nitrogens with one attached hydrogen (secondary N) is 6. The Morgan fingerprint density at radius 2 is 0.949 bits per heavy atom. The predicted octanol–water partition coefficient (Wildman–Crippen LogP) is 4.19. The van der Waals surface area contributed by atoms with Gasteiger partial charge in [0.05, 0.1) is 12.8 Å². The molecule has 0 saturated carbocycles. The zero-order valence-electron chi connectivity index (χ0n) is 20.7. The second kappa shape index (κ2) is 13.7. The Morgan fingerprint density at radius 3 is 1.31 bits per heavy atom. The molecule has 4 aromatic rings. The average Bonchev–Trinajstić information content (AvgIpc) is 3.63. The van der Waals surface area contributed by atoms with E-state index in [4.69, 9.17) is 0 Å². The molecule has 39 heavy (non-hydrogen) atoms. The first-order valence-corrected chi connectivity index (χ1v) is 13.6. The number of carbonyl (C=O) groups is 4. The van der Waals surface area contributed by atoms with Crippen LogP contribution in [0.5, 0.6) is 0 Å². The van der Waals surface area contributed by atoms with Crippen LogP contribution in [-0.4, -0.2) is 23.9 Å². The maximum absolute atomic E-state index is 12.1. The smallest absolute Gasteiger partial charge is 0.307 e. The van der Waals surface area contributed by atoms with Crippen LogP contribution in [0.25, 0.3) is 0 Å². The molecule has 0 unspecified atom stereocenters. The van der Waals surface area contributed by atoms with E-state index in [1.807, 2.05) is 59.3 Å². The van der Waals surface area contributed by atoms with Crippen molar-refractivity contribution in [3.8, 4) is 0 Å². The highest BCUT2D eigenvalue weighted by molar-refractivity contribution is 7.10. The Balaban J connectivity index is 1.16. The number of benzene rings is 2. The maximum atomic E-state index is 12.1. The molecule has 0 fully saturated rings. The highest BCUT2D eigenvalue weighted by Crippen LogP contribution is 2.16. The molecule has 0 spiro atoms. The molecule has 0 aliphatic rings. The third-order valence-corrected chi connectivity index (χ3v) is 7.05. The van der Waals surface area contributed by atoms with Gasteiger partial charge >= 0.3 is 12.1 Å². The van der Waals surface area contributed by atoms with E-state index >= 15 is 0 Å². The van der Waals surface area contributed by atoms with Crippen LogP contribution in [-0.2, 0) is 28.9 Å². The minimum Gasteiger partial charge on any atom is -0.307 e. The van der Waals surface area contributed by atoms with Gasteiger partial charge in [0.25, 0.3) is 0 Å². The van der Waals surface area contributed by atoms with Crippen molar-refractivity contribution in [3.63, 3.8) is 0 Å². The van der Waals surface area contributed by atoms with E-state index < -0.39 is 12.1 Å². The molecule has 0 bridgehead atoms. The van der Waals surface area contributed by atoms with Gasteiger partial charge in [-0.05, 0) is 64.7 Å². The summed E-state index contributed by atoms with van der Waals surface area (Å²) in [6.45, 7) is 0. The molecule has 10 nitrogen and oxygen atoms in total. The van der Waals surface area contributed by atoms with Gasteiger partial charge in [0.1, 0.15) is 0 Å². The summed E-state index contributed by atoms with van der Waals surface area (Å²) < 4.78 is 0. The molecule has 0 aliphatic carbocycles. The van der Waals surface area contributed by atoms with Crippen LogP contribution in [0.2, 0.25) is 0 Å². The molecule has 2 heterocycles. The number of thiophene rings is 2. The van der Waals surface area contributed by atoms with E-state index in [0.29, 0.717) is 17.8 Å². The first-order chi connectivity index (χ1) is 18.9. The molecule has 6 amide bonds. The molecule has 0 saturated heterocycles. The van der Waals surface area contributed by atoms with Crippen molar-refractivity contribution in [3.05, 3.63) is 104 Å². The summed E-state index contributed by atoms with van der Waals surface area (Å²) in [6, 6.07) is 21.0. The second-order valence-corrected chi connectivity index (χ2v) is 10.4. The van der Waals surface area contributed by atoms with Gasteiger partial charge in [-0.25, -0.2) is 20.4 Å². The fraction of sp³-hybridized carbons (Fsp3) is 0.111. The first kappa shape index (κ1) is 27.4. The van der Waals surface area contributed by atoms with Gasteiger partial charge in [0.2, 0.25) is 11.8 Å². The Labute approximate surface area is 232 Å². The number of urea groups is 2. The van der Waals surface area contributed by atoms with Crippen molar-refractivity contribution < 1.29 is 19.2 Å². The van der Waals surface area contributed by atoms with E-state index in [0.717, 1.165) is 20.9 Å². The normalized spacial score (nSPS) is 10.3. The number of hydrogen-bond donors (Lipinski definition) is 6. The Kier molecular flexibility index (Phi) is 9.64. The zero-order valence-corrected chi connectivity index (χ0v) is 22.3. The van der Waals surface area contributed by atoms with Crippen molar-refractivity contribution in [2.24, 2.45) is 0 Å². The van der Waals surface area contributed by atoms with Crippen LogP contribution in [0, 0.1) is 0 Å². The molecule has 0 radical (unpaired) electrons. The molecule has 0 atom stereocenters. The largest absolute Gasteiger partial charge is 0.337 e. The highest BCUT2D eigenvalue weighted by Gasteiger charge is 2.08. The van der Waals surface area contributed by atoms with Crippen molar-refractivity contribution in [2.45, 2.75) is 19.3 Å². The summed E-state index contributed by atoms with van der Waals surface area (Å²) in [5.41, 5.74) is 12.6. The molecular formula is C27H26N6O4S2. The van der Waals surface area contributed by atoms with Crippen molar-refractivity contribution in [2.75, 3.05) is 10.6 Å². The van der Waals surface area contributed by atoms with Gasteiger partial charge < -0.3 is 10.6 Å². The number of rotatable bonds is 8. The van der Waals surface area contributed by atoms with Crippen LogP contribution in [0.4, 0.5) is 21.0 Å². The zero-order chi connectivity index (χ0) is 27.5. The molecule has 0 aliphatic heterocycles. The number of amides is 6. The van der Waals surface area contributed by atoms with Gasteiger partial charge in [-0.2, -0.15) is 0 Å². The number of hydrazine groups is 2. The molecule has 2 aromatic heterocycles. The molecule has 6 N–H and O–H groups in total. The first-order valence-electron chi connectivity index (χ1n) is 11.9. The third kappa shape index (κ3) is 9.29. The molecular weight excluding hydrogens is 536 g/mol. The predicted molar refractivity (Wildman–Crippen MR) is 152 cm³/mol. The van der Waals surface area contributed by atoms with Crippen LogP contribution < -0.4 is 32.3 Å². The number of anilines is 2. The van der Waals surface area contributed by atoms with Gasteiger partial charge in [-0.3, -0.25) is 20.4 Å². The van der Waals surface area contributed by atoms with Crippen molar-refractivity contribution in [1.82, 2.24) is 21.7 Å². The van der Waals surface area contributed by atoms with Gasteiger partial charge in [-0.1, -0.05) is 36.4 Å². The molecule has 12 heteroatoms.